The molecule has 0 aromatic carbocycles. The van der Waals surface area contributed by atoms with Crippen LogP contribution < -0.4 is 10.6 Å². The van der Waals surface area contributed by atoms with Crippen molar-refractivity contribution in [3.63, 3.8) is 0 Å². The first kappa shape index (κ1) is 15.2. The van der Waals surface area contributed by atoms with Crippen molar-refractivity contribution in [2.75, 3.05) is 13.1 Å². The van der Waals surface area contributed by atoms with Gasteiger partial charge >= 0.3 is 0 Å². The minimum absolute atomic E-state index is 0.0185. The average molecular weight is 318 g/mol. The Morgan fingerprint density at radius 3 is 3.14 bits per heavy atom. The molecule has 0 aliphatic carbocycles. The van der Waals surface area contributed by atoms with Gasteiger partial charge in [-0.05, 0) is 23.9 Å². The maximum absolute atomic E-state index is 12.6. The SMILES string of the molecule is CC(Cc1cccs1)NC(=O)[C@H]1CNC[C@@H]1c1cnn(C)c1. The van der Waals surface area contributed by atoms with Gasteiger partial charge in [0.05, 0.1) is 12.1 Å². The third kappa shape index (κ3) is 3.39. The van der Waals surface area contributed by atoms with Crippen LogP contribution in [0.3, 0.4) is 0 Å². The molecular weight excluding hydrogens is 296 g/mol. The highest BCUT2D eigenvalue weighted by atomic mass is 32.1. The van der Waals surface area contributed by atoms with Crippen molar-refractivity contribution in [3.05, 3.63) is 40.3 Å². The smallest absolute Gasteiger partial charge is 0.225 e. The molecule has 0 radical (unpaired) electrons. The quantitative estimate of drug-likeness (QED) is 0.879. The minimum Gasteiger partial charge on any atom is -0.353 e. The number of nitrogens with one attached hydrogen (secondary N) is 2. The molecule has 118 valence electrons. The minimum atomic E-state index is -0.0185. The van der Waals surface area contributed by atoms with Gasteiger partial charge in [0.2, 0.25) is 5.91 Å². The normalized spacial score (nSPS) is 22.6. The van der Waals surface area contributed by atoms with Gasteiger partial charge in [-0.1, -0.05) is 6.07 Å². The first-order chi connectivity index (χ1) is 10.6. The summed E-state index contributed by atoms with van der Waals surface area (Å²) in [6, 6.07) is 4.32. The summed E-state index contributed by atoms with van der Waals surface area (Å²) in [5.41, 5.74) is 1.14. The van der Waals surface area contributed by atoms with Crippen LogP contribution in [-0.2, 0) is 18.3 Å². The Morgan fingerprint density at radius 1 is 1.59 bits per heavy atom. The lowest BCUT2D eigenvalue weighted by atomic mass is 9.90. The van der Waals surface area contributed by atoms with E-state index in [9.17, 15) is 4.79 Å². The van der Waals surface area contributed by atoms with Crippen LogP contribution in [0, 0.1) is 5.92 Å². The number of carbonyl (C=O) groups is 1. The lowest BCUT2D eigenvalue weighted by Crippen LogP contribution is -2.40. The zero-order valence-electron chi connectivity index (χ0n) is 13.0. The number of rotatable bonds is 5. The first-order valence-electron chi connectivity index (χ1n) is 7.65. The molecular formula is C16H22N4OS. The van der Waals surface area contributed by atoms with Crippen LogP contribution in [-0.4, -0.2) is 34.8 Å². The summed E-state index contributed by atoms with van der Waals surface area (Å²) in [5, 5.41) is 12.8. The summed E-state index contributed by atoms with van der Waals surface area (Å²) in [7, 11) is 1.91. The van der Waals surface area contributed by atoms with Crippen LogP contribution in [0.2, 0.25) is 0 Å². The monoisotopic (exact) mass is 318 g/mol. The molecule has 1 fully saturated rings. The number of amides is 1. The Labute approximate surface area is 134 Å². The molecule has 1 unspecified atom stereocenters. The molecule has 2 N–H and O–H groups in total. The summed E-state index contributed by atoms with van der Waals surface area (Å²) in [6.45, 7) is 3.64. The lowest BCUT2D eigenvalue weighted by Gasteiger charge is -2.20. The summed E-state index contributed by atoms with van der Waals surface area (Å²) < 4.78 is 1.79. The van der Waals surface area contributed by atoms with Gasteiger partial charge in [0.25, 0.3) is 0 Å². The third-order valence-corrected chi connectivity index (χ3v) is 5.08. The fourth-order valence-electron chi connectivity index (χ4n) is 3.07. The predicted octanol–water partition coefficient (Wildman–Crippen LogP) is 1.53. The van der Waals surface area contributed by atoms with Crippen molar-refractivity contribution in [3.8, 4) is 0 Å². The highest BCUT2D eigenvalue weighted by Gasteiger charge is 2.35. The molecule has 0 saturated carbocycles. The van der Waals surface area contributed by atoms with E-state index in [1.807, 2.05) is 25.5 Å². The molecule has 0 bridgehead atoms. The van der Waals surface area contributed by atoms with E-state index in [1.54, 1.807) is 16.0 Å². The number of thiophene rings is 1. The van der Waals surface area contributed by atoms with Crippen molar-refractivity contribution in [1.82, 2.24) is 20.4 Å². The Kier molecular flexibility index (Phi) is 4.59. The van der Waals surface area contributed by atoms with Crippen LogP contribution in [0.4, 0.5) is 0 Å². The fourth-order valence-corrected chi connectivity index (χ4v) is 3.90. The average Bonchev–Trinajstić information content (AvgIpc) is 3.17. The molecule has 1 amide bonds. The molecule has 3 heterocycles. The summed E-state index contributed by atoms with van der Waals surface area (Å²) in [5.74, 6) is 0.334. The van der Waals surface area contributed by atoms with Gasteiger partial charge in [-0.3, -0.25) is 9.48 Å². The molecule has 2 aromatic rings. The van der Waals surface area contributed by atoms with E-state index >= 15 is 0 Å². The van der Waals surface area contributed by atoms with Crippen LogP contribution in [0.1, 0.15) is 23.3 Å². The van der Waals surface area contributed by atoms with Gasteiger partial charge in [0.1, 0.15) is 0 Å². The van der Waals surface area contributed by atoms with Gasteiger partial charge in [0.15, 0.2) is 0 Å². The van der Waals surface area contributed by atoms with E-state index in [2.05, 4.69) is 34.1 Å². The van der Waals surface area contributed by atoms with Gasteiger partial charge in [-0.25, -0.2) is 0 Å². The number of hydrogen-bond acceptors (Lipinski definition) is 4. The molecule has 3 rings (SSSR count). The number of carbonyl (C=O) groups excluding carboxylic acids is 1. The van der Waals surface area contributed by atoms with E-state index < -0.39 is 0 Å². The zero-order valence-corrected chi connectivity index (χ0v) is 13.8. The second-order valence-corrected chi connectivity index (χ2v) is 7.04. The van der Waals surface area contributed by atoms with Crippen molar-refractivity contribution in [2.24, 2.45) is 13.0 Å². The van der Waals surface area contributed by atoms with E-state index in [1.165, 1.54) is 4.88 Å². The Balaban J connectivity index is 1.61. The highest BCUT2D eigenvalue weighted by molar-refractivity contribution is 7.09. The maximum atomic E-state index is 12.6. The summed E-state index contributed by atoms with van der Waals surface area (Å²) >= 11 is 1.74. The second kappa shape index (κ2) is 6.62. The van der Waals surface area contributed by atoms with Crippen LogP contribution in [0.15, 0.2) is 29.9 Å². The molecule has 3 atom stereocenters. The lowest BCUT2D eigenvalue weighted by molar-refractivity contribution is -0.125. The largest absolute Gasteiger partial charge is 0.353 e. The summed E-state index contributed by atoms with van der Waals surface area (Å²) in [6.07, 6.45) is 4.77. The number of hydrogen-bond donors (Lipinski definition) is 2. The standard InChI is InChI=1S/C16H22N4OS/c1-11(6-13-4-3-5-22-13)19-16(21)15-9-17-8-14(15)12-7-18-20(2)10-12/h3-5,7,10-11,14-15,17H,6,8-9H2,1-2H3,(H,19,21)/t11?,14-,15+/m1/s1. The van der Waals surface area contributed by atoms with E-state index in [0.29, 0.717) is 0 Å². The van der Waals surface area contributed by atoms with E-state index in [4.69, 9.17) is 0 Å². The van der Waals surface area contributed by atoms with Crippen LogP contribution in [0.25, 0.3) is 0 Å². The van der Waals surface area contributed by atoms with Gasteiger partial charge in [-0.15, -0.1) is 11.3 Å². The number of nitrogens with zero attached hydrogens (tertiary/aromatic N) is 2. The van der Waals surface area contributed by atoms with Crippen LogP contribution in [0.5, 0.6) is 0 Å². The van der Waals surface area contributed by atoms with Crippen molar-refractivity contribution < 1.29 is 4.79 Å². The Hall–Kier alpha value is -1.66. The first-order valence-corrected chi connectivity index (χ1v) is 8.53. The zero-order chi connectivity index (χ0) is 15.5. The van der Waals surface area contributed by atoms with E-state index in [0.717, 1.165) is 25.1 Å². The van der Waals surface area contributed by atoms with Gasteiger partial charge in [0, 0.05) is 49.6 Å². The number of aryl methyl sites for hydroxylation is 1. The molecule has 1 aliphatic rings. The summed E-state index contributed by atoms with van der Waals surface area (Å²) in [4.78, 5) is 13.9. The molecule has 2 aromatic heterocycles. The molecule has 1 saturated heterocycles. The Morgan fingerprint density at radius 2 is 2.45 bits per heavy atom. The van der Waals surface area contributed by atoms with Crippen molar-refractivity contribution in [2.45, 2.75) is 25.3 Å². The topological polar surface area (TPSA) is 59.0 Å². The molecule has 6 heteroatoms. The predicted molar refractivity (Wildman–Crippen MR) is 87.9 cm³/mol. The second-order valence-electron chi connectivity index (χ2n) is 6.01. The Bertz CT molecular complexity index is 622. The molecule has 0 spiro atoms. The third-order valence-electron chi connectivity index (χ3n) is 4.18. The van der Waals surface area contributed by atoms with Gasteiger partial charge in [-0.2, -0.15) is 5.10 Å². The van der Waals surface area contributed by atoms with E-state index in [-0.39, 0.29) is 23.8 Å². The van der Waals surface area contributed by atoms with Crippen molar-refractivity contribution in [1.29, 1.82) is 0 Å². The molecule has 1 aliphatic heterocycles. The van der Waals surface area contributed by atoms with Crippen LogP contribution >= 0.6 is 11.3 Å². The van der Waals surface area contributed by atoms with Gasteiger partial charge < -0.3 is 10.6 Å². The highest BCUT2D eigenvalue weighted by Crippen LogP contribution is 2.28. The van der Waals surface area contributed by atoms with Crippen molar-refractivity contribution >= 4 is 17.2 Å². The molecule has 5 nitrogen and oxygen atoms in total. The number of aromatic nitrogens is 2. The molecule has 22 heavy (non-hydrogen) atoms. The fraction of sp³-hybridized carbons (Fsp3) is 0.500. The maximum Gasteiger partial charge on any atom is 0.225 e.